The molecule has 3 aliphatic rings. The minimum Gasteiger partial charge on any atom is -0.493 e. The Bertz CT molecular complexity index is 1900. The van der Waals surface area contributed by atoms with Crippen LogP contribution < -0.4 is 24.4 Å². The van der Waals surface area contributed by atoms with Gasteiger partial charge >= 0.3 is 6.01 Å². The van der Waals surface area contributed by atoms with Crippen molar-refractivity contribution in [2.24, 2.45) is 5.41 Å². The number of aliphatic hydroxyl groups is 1. The van der Waals surface area contributed by atoms with Crippen molar-refractivity contribution in [3.05, 3.63) is 47.3 Å². The minimum absolute atomic E-state index is 0.0150. The molecule has 7 rings (SSSR count). The largest absolute Gasteiger partial charge is 0.493 e. The van der Waals surface area contributed by atoms with Crippen molar-refractivity contribution in [3.8, 4) is 41.0 Å². The van der Waals surface area contributed by atoms with E-state index in [9.17, 15) is 14.3 Å². The molecule has 1 aromatic heterocycles. The second-order valence-corrected chi connectivity index (χ2v) is 11.9. The number of nitrogens with one attached hydrogen (secondary N) is 1. The van der Waals surface area contributed by atoms with Crippen LogP contribution in [-0.4, -0.2) is 67.0 Å². The first-order chi connectivity index (χ1) is 21.8. The number of aliphatic hydroxyl groups excluding tert-OH is 1. The number of aromatic nitrogens is 2. The number of fused-ring (bicyclic) bond motifs is 4. The molecular weight excluding hydrogens is 589 g/mol. The van der Waals surface area contributed by atoms with Crippen LogP contribution in [0, 0.1) is 35.2 Å². The first kappa shape index (κ1) is 29.1. The van der Waals surface area contributed by atoms with E-state index in [4.69, 9.17) is 20.6 Å². The Kier molecular flexibility index (Phi) is 7.17. The number of anilines is 1. The average Bonchev–Trinajstić information content (AvgIpc) is 3.76. The third-order valence-corrected chi connectivity index (χ3v) is 9.10. The third kappa shape index (κ3) is 4.87. The van der Waals surface area contributed by atoms with Gasteiger partial charge in [-0.25, -0.2) is 13.2 Å². The normalized spacial score (nSPS) is 19.9. The maximum Gasteiger partial charge on any atom is 0.319 e. The van der Waals surface area contributed by atoms with Gasteiger partial charge in [0.2, 0.25) is 0 Å². The van der Waals surface area contributed by atoms with Crippen LogP contribution in [0.5, 0.6) is 17.5 Å². The Labute approximate surface area is 256 Å². The molecule has 4 aromatic rings. The van der Waals surface area contributed by atoms with Crippen molar-refractivity contribution in [1.29, 1.82) is 0 Å². The smallest absolute Gasteiger partial charge is 0.319 e. The van der Waals surface area contributed by atoms with E-state index in [1.54, 1.807) is 0 Å². The molecule has 1 aliphatic carbocycles. The van der Waals surface area contributed by atoms with Gasteiger partial charge in [-0.3, -0.25) is 4.79 Å². The van der Waals surface area contributed by atoms with Crippen molar-refractivity contribution in [3.63, 3.8) is 0 Å². The number of hydrogen-bond acceptors (Lipinski definition) is 9. The second-order valence-electron chi connectivity index (χ2n) is 11.9. The summed E-state index contributed by atoms with van der Waals surface area (Å²) in [6, 6.07) is 5.34. The molecule has 0 radical (unpaired) electrons. The molecule has 2 bridgehead atoms. The number of hydrogen-bond donors (Lipinski definition) is 2. The van der Waals surface area contributed by atoms with E-state index in [1.165, 1.54) is 25.3 Å². The van der Waals surface area contributed by atoms with Crippen LogP contribution in [0.4, 0.5) is 19.0 Å². The number of rotatable bonds is 9. The predicted molar refractivity (Wildman–Crippen MR) is 160 cm³/mol. The van der Waals surface area contributed by atoms with Crippen molar-refractivity contribution < 1.29 is 37.3 Å². The Balaban J connectivity index is 1.51. The lowest BCUT2D eigenvalue weighted by molar-refractivity contribution is -0.120. The summed E-state index contributed by atoms with van der Waals surface area (Å²) in [7, 11) is 1.25. The number of benzene rings is 3. The summed E-state index contributed by atoms with van der Waals surface area (Å²) in [4.78, 5) is 22.2. The number of methoxy groups -OCH3 is 1. The molecule has 232 valence electrons. The van der Waals surface area contributed by atoms with Crippen LogP contribution in [-0.2, 0) is 4.79 Å². The first-order valence-corrected chi connectivity index (χ1v) is 14.6. The van der Waals surface area contributed by atoms with Crippen LogP contribution >= 0.6 is 0 Å². The Morgan fingerprint density at radius 1 is 1.13 bits per heavy atom. The lowest BCUT2D eigenvalue weighted by atomic mass is 9.92. The summed E-state index contributed by atoms with van der Waals surface area (Å²) in [6.07, 6.45) is 9.11. The molecule has 3 aromatic carbocycles. The number of ether oxygens (including phenoxy) is 3. The van der Waals surface area contributed by atoms with Gasteiger partial charge in [0.05, 0.1) is 36.8 Å². The highest BCUT2D eigenvalue weighted by atomic mass is 19.1. The van der Waals surface area contributed by atoms with E-state index in [0.29, 0.717) is 18.5 Å². The van der Waals surface area contributed by atoms with Gasteiger partial charge in [0, 0.05) is 41.5 Å². The van der Waals surface area contributed by atoms with Crippen LogP contribution in [0.3, 0.4) is 0 Å². The van der Waals surface area contributed by atoms with Crippen molar-refractivity contribution in [1.82, 2.24) is 15.3 Å². The summed E-state index contributed by atoms with van der Waals surface area (Å²) >= 11 is 0. The van der Waals surface area contributed by atoms with E-state index in [-0.39, 0.29) is 82.5 Å². The number of piperazine rings is 1. The van der Waals surface area contributed by atoms with E-state index >= 15 is 8.78 Å². The lowest BCUT2D eigenvalue weighted by Gasteiger charge is -2.34. The van der Waals surface area contributed by atoms with Gasteiger partial charge in [0.15, 0.2) is 17.4 Å². The zero-order chi connectivity index (χ0) is 31.5. The topological polar surface area (TPSA) is 106 Å². The predicted octanol–water partition coefficient (Wildman–Crippen LogP) is 4.48. The Morgan fingerprint density at radius 3 is 2.53 bits per heavy atom. The van der Waals surface area contributed by atoms with Crippen molar-refractivity contribution in [2.45, 2.75) is 37.8 Å². The maximum absolute atomic E-state index is 17.0. The van der Waals surface area contributed by atoms with Gasteiger partial charge in [-0.15, -0.1) is 6.42 Å². The molecule has 9 nitrogen and oxygen atoms in total. The number of carbonyl (C=O) groups is 1. The van der Waals surface area contributed by atoms with Gasteiger partial charge in [0.25, 0.3) is 6.47 Å². The monoisotopic (exact) mass is 618 g/mol. The fourth-order valence-electron chi connectivity index (χ4n) is 6.54. The van der Waals surface area contributed by atoms with Crippen LogP contribution in [0.15, 0.2) is 24.3 Å². The van der Waals surface area contributed by atoms with Crippen LogP contribution in [0.25, 0.3) is 32.8 Å². The number of halogens is 3. The average molecular weight is 619 g/mol. The zero-order valence-electron chi connectivity index (χ0n) is 24.3. The summed E-state index contributed by atoms with van der Waals surface area (Å²) in [5.74, 6) is -0.774. The zero-order valence-corrected chi connectivity index (χ0v) is 24.3. The molecule has 2 saturated heterocycles. The molecule has 2 unspecified atom stereocenters. The molecule has 2 N–H and O–H groups in total. The number of terminal acetylenes is 1. The van der Waals surface area contributed by atoms with Crippen LogP contribution in [0.1, 0.15) is 31.2 Å². The Hall–Kier alpha value is -4.60. The van der Waals surface area contributed by atoms with Gasteiger partial charge in [-0.1, -0.05) is 12.0 Å². The molecule has 1 saturated carbocycles. The molecule has 2 aliphatic heterocycles. The molecular formula is C33H29F3N4O5. The highest BCUT2D eigenvalue weighted by molar-refractivity contribution is 6.06. The Morgan fingerprint density at radius 2 is 1.89 bits per heavy atom. The van der Waals surface area contributed by atoms with Gasteiger partial charge in [0.1, 0.15) is 22.9 Å². The second kappa shape index (κ2) is 11.1. The minimum atomic E-state index is -1.09. The van der Waals surface area contributed by atoms with E-state index in [0.717, 1.165) is 31.7 Å². The summed E-state index contributed by atoms with van der Waals surface area (Å²) in [6.45, 7) is 1.29. The SMILES string of the molecule is C#Cc1c(F)ccc2cc(OC=O)cc(-c3c(F)c(OC)c4c(N5CC6CCC(C5)N6)nc(OCC5(CO)CC5)nc4c3F)c12. The number of nitrogens with zero attached hydrogens (tertiary/aromatic N) is 3. The highest BCUT2D eigenvalue weighted by Crippen LogP contribution is 2.48. The fraction of sp³-hybridized carbons (Fsp3) is 0.364. The molecule has 2 atom stereocenters. The summed E-state index contributed by atoms with van der Waals surface area (Å²) < 4.78 is 65.3. The van der Waals surface area contributed by atoms with Gasteiger partial charge in [-0.2, -0.15) is 9.97 Å². The molecule has 12 heteroatoms. The number of carbonyl (C=O) groups excluding carboxylic acids is 1. The van der Waals surface area contributed by atoms with Crippen molar-refractivity contribution in [2.75, 3.05) is 38.3 Å². The molecule has 3 heterocycles. The first-order valence-electron chi connectivity index (χ1n) is 14.6. The highest BCUT2D eigenvalue weighted by Gasteiger charge is 2.43. The molecule has 3 fully saturated rings. The van der Waals surface area contributed by atoms with E-state index in [1.807, 2.05) is 4.90 Å². The molecule has 0 spiro atoms. The summed E-state index contributed by atoms with van der Waals surface area (Å²) in [5, 5.41) is 13.7. The van der Waals surface area contributed by atoms with Crippen LogP contribution in [0.2, 0.25) is 0 Å². The molecule has 0 amide bonds. The fourth-order valence-corrected chi connectivity index (χ4v) is 6.54. The van der Waals surface area contributed by atoms with E-state index in [2.05, 4.69) is 21.2 Å². The quantitative estimate of drug-likeness (QED) is 0.208. The van der Waals surface area contributed by atoms with Gasteiger partial charge < -0.3 is 29.5 Å². The maximum atomic E-state index is 17.0. The van der Waals surface area contributed by atoms with Gasteiger partial charge in [-0.05, 0) is 49.3 Å². The molecule has 45 heavy (non-hydrogen) atoms. The van der Waals surface area contributed by atoms with E-state index < -0.39 is 28.4 Å². The third-order valence-electron chi connectivity index (χ3n) is 9.10. The summed E-state index contributed by atoms with van der Waals surface area (Å²) in [5.41, 5.74) is -1.68. The standard InChI is InChI=1S/C33H29F3N4O5/c1-3-21-23(34)7-4-17-10-20(45-16-42)11-22(24(17)21)25-27(35)29-26(30(43-2)28(25)36)31(40-12-18-5-6-19(13-40)37-18)39-32(38-29)44-15-33(14-41)8-9-33/h1,4,7,10-11,16,18-19,37,41H,5-6,8-9,12-15H2,2H3. The lowest BCUT2D eigenvalue weighted by Crippen LogP contribution is -2.51. The van der Waals surface area contributed by atoms with Crippen molar-refractivity contribution >= 4 is 34.0 Å².